The Kier molecular flexibility index (Phi) is 3.76. The summed E-state index contributed by atoms with van der Waals surface area (Å²) in [5.41, 5.74) is 7.18. The fourth-order valence-corrected chi connectivity index (χ4v) is 3.14. The van der Waals surface area contributed by atoms with Crippen molar-refractivity contribution in [1.82, 2.24) is 4.90 Å². The third-order valence-electron chi connectivity index (χ3n) is 4.57. The first-order valence-electron chi connectivity index (χ1n) is 7.43. The van der Waals surface area contributed by atoms with Crippen molar-refractivity contribution in [2.75, 3.05) is 20.1 Å². The van der Waals surface area contributed by atoms with E-state index < -0.39 is 0 Å². The molecule has 0 radical (unpaired) electrons. The Hall–Kier alpha value is -1.06. The van der Waals surface area contributed by atoms with Gasteiger partial charge in [0.05, 0.1) is 6.10 Å². The molecule has 1 aliphatic heterocycles. The lowest BCUT2D eigenvalue weighted by molar-refractivity contribution is 0.120. The van der Waals surface area contributed by atoms with Gasteiger partial charge in [-0.15, -0.1) is 0 Å². The summed E-state index contributed by atoms with van der Waals surface area (Å²) >= 11 is 0. The van der Waals surface area contributed by atoms with Crippen LogP contribution in [0.4, 0.5) is 0 Å². The van der Waals surface area contributed by atoms with Crippen LogP contribution < -0.4 is 10.5 Å². The van der Waals surface area contributed by atoms with Crippen molar-refractivity contribution in [2.24, 2.45) is 11.7 Å². The van der Waals surface area contributed by atoms with Gasteiger partial charge in [0.15, 0.2) is 0 Å². The van der Waals surface area contributed by atoms with Gasteiger partial charge in [-0.1, -0.05) is 12.1 Å². The summed E-state index contributed by atoms with van der Waals surface area (Å²) in [6, 6.07) is 9.13. The van der Waals surface area contributed by atoms with Crippen LogP contribution in [-0.4, -0.2) is 31.1 Å². The van der Waals surface area contributed by atoms with E-state index in [4.69, 9.17) is 10.5 Å². The highest BCUT2D eigenvalue weighted by atomic mass is 16.5. The Bertz CT molecular complexity index is 431. The van der Waals surface area contributed by atoms with Crippen LogP contribution in [0.1, 0.15) is 37.3 Å². The van der Waals surface area contributed by atoms with Gasteiger partial charge in [-0.05, 0) is 62.9 Å². The predicted molar refractivity (Wildman–Crippen MR) is 77.2 cm³/mol. The first kappa shape index (κ1) is 12.9. The Morgan fingerprint density at radius 2 is 2.21 bits per heavy atom. The molecule has 1 heterocycles. The average molecular weight is 260 g/mol. The molecule has 2 unspecified atom stereocenters. The van der Waals surface area contributed by atoms with Crippen LogP contribution in [0.3, 0.4) is 0 Å². The molecule has 0 bridgehead atoms. The molecule has 1 saturated carbocycles. The molecule has 3 nitrogen and oxygen atoms in total. The first-order valence-corrected chi connectivity index (χ1v) is 7.43. The topological polar surface area (TPSA) is 38.5 Å². The molecule has 2 N–H and O–H groups in total. The maximum Gasteiger partial charge on any atom is 0.120 e. The van der Waals surface area contributed by atoms with E-state index >= 15 is 0 Å². The van der Waals surface area contributed by atoms with Gasteiger partial charge in [-0.2, -0.15) is 0 Å². The zero-order valence-corrected chi connectivity index (χ0v) is 11.7. The minimum atomic E-state index is 0.452. The lowest BCUT2D eigenvalue weighted by Gasteiger charge is -2.27. The maximum atomic E-state index is 6.00. The molecule has 1 aromatic carbocycles. The van der Waals surface area contributed by atoms with Gasteiger partial charge in [0.2, 0.25) is 0 Å². The molecule has 104 valence electrons. The van der Waals surface area contributed by atoms with E-state index in [9.17, 15) is 0 Å². The van der Waals surface area contributed by atoms with Gasteiger partial charge >= 0.3 is 0 Å². The Morgan fingerprint density at radius 3 is 2.84 bits per heavy atom. The minimum absolute atomic E-state index is 0.452. The number of ether oxygens (including phenoxy) is 1. The number of benzene rings is 1. The summed E-state index contributed by atoms with van der Waals surface area (Å²) < 4.78 is 6.00. The lowest BCUT2D eigenvalue weighted by atomic mass is 9.96. The Labute approximate surface area is 115 Å². The van der Waals surface area contributed by atoms with Crippen molar-refractivity contribution >= 4 is 0 Å². The van der Waals surface area contributed by atoms with Gasteiger partial charge in [0.25, 0.3) is 0 Å². The van der Waals surface area contributed by atoms with Gasteiger partial charge in [-0.3, -0.25) is 4.90 Å². The molecule has 2 fully saturated rings. The van der Waals surface area contributed by atoms with E-state index in [1.54, 1.807) is 0 Å². The quantitative estimate of drug-likeness (QED) is 0.904. The van der Waals surface area contributed by atoms with E-state index in [2.05, 4.69) is 36.2 Å². The number of likely N-dealkylation sites (tertiary alicyclic amines) is 1. The minimum Gasteiger partial charge on any atom is -0.490 e. The molecule has 1 aliphatic carbocycles. The normalized spacial score (nSPS) is 28.3. The van der Waals surface area contributed by atoms with Gasteiger partial charge in [0.1, 0.15) is 5.75 Å². The molecule has 3 rings (SSSR count). The summed E-state index contributed by atoms with van der Waals surface area (Å²) in [6.45, 7) is 1.90. The molecule has 0 spiro atoms. The summed E-state index contributed by atoms with van der Waals surface area (Å²) in [4.78, 5) is 2.42. The van der Waals surface area contributed by atoms with Crippen LogP contribution in [0.2, 0.25) is 0 Å². The highest BCUT2D eigenvalue weighted by Gasteiger charge is 2.30. The predicted octanol–water partition coefficient (Wildman–Crippen LogP) is 2.57. The molecular weight excluding hydrogens is 236 g/mol. The van der Waals surface area contributed by atoms with Crippen molar-refractivity contribution in [3.05, 3.63) is 29.8 Å². The molecule has 19 heavy (non-hydrogen) atoms. The van der Waals surface area contributed by atoms with Crippen molar-refractivity contribution in [2.45, 2.75) is 37.8 Å². The Morgan fingerprint density at radius 1 is 1.37 bits per heavy atom. The van der Waals surface area contributed by atoms with Crippen molar-refractivity contribution in [3.63, 3.8) is 0 Å². The molecule has 1 saturated heterocycles. The van der Waals surface area contributed by atoms with E-state index in [-0.39, 0.29) is 0 Å². The number of hydrogen-bond acceptors (Lipinski definition) is 3. The van der Waals surface area contributed by atoms with Crippen LogP contribution in [0.15, 0.2) is 24.3 Å². The monoisotopic (exact) mass is 260 g/mol. The van der Waals surface area contributed by atoms with E-state index in [1.807, 2.05) is 0 Å². The zero-order chi connectivity index (χ0) is 13.2. The SMILES string of the molecule is CN1CC(CN)CC1c1cccc(OC2CCC2)c1. The molecule has 2 aliphatic rings. The zero-order valence-electron chi connectivity index (χ0n) is 11.7. The van der Waals surface area contributed by atoms with E-state index in [1.165, 1.54) is 31.2 Å². The first-order chi connectivity index (χ1) is 9.26. The van der Waals surface area contributed by atoms with Crippen LogP contribution in [-0.2, 0) is 0 Å². The molecule has 1 aromatic rings. The number of nitrogens with two attached hydrogens (primary N) is 1. The summed E-state index contributed by atoms with van der Waals surface area (Å²) in [7, 11) is 2.19. The van der Waals surface area contributed by atoms with Crippen LogP contribution in [0.25, 0.3) is 0 Å². The van der Waals surface area contributed by atoms with Gasteiger partial charge in [0, 0.05) is 12.6 Å². The summed E-state index contributed by atoms with van der Waals surface area (Å²) in [5.74, 6) is 1.66. The van der Waals surface area contributed by atoms with Crippen molar-refractivity contribution in [3.8, 4) is 5.75 Å². The molecule has 0 amide bonds. The number of rotatable bonds is 4. The fourth-order valence-electron chi connectivity index (χ4n) is 3.14. The smallest absolute Gasteiger partial charge is 0.120 e. The maximum absolute atomic E-state index is 6.00. The third kappa shape index (κ3) is 2.77. The summed E-state index contributed by atoms with van der Waals surface area (Å²) in [6.07, 6.45) is 5.35. The molecule has 3 heteroatoms. The fraction of sp³-hybridized carbons (Fsp3) is 0.625. The van der Waals surface area contributed by atoms with Crippen LogP contribution >= 0.6 is 0 Å². The standard InChI is InChI=1S/C16H24N2O/c1-18-11-12(10-17)8-16(18)13-4-2-7-15(9-13)19-14-5-3-6-14/h2,4,7,9,12,14,16H,3,5-6,8,10-11,17H2,1H3. The second-order valence-corrected chi connectivity index (χ2v) is 6.04. The number of hydrogen-bond donors (Lipinski definition) is 1. The summed E-state index contributed by atoms with van der Waals surface area (Å²) in [5, 5.41) is 0. The van der Waals surface area contributed by atoms with Crippen molar-refractivity contribution in [1.29, 1.82) is 0 Å². The van der Waals surface area contributed by atoms with E-state index in [0.29, 0.717) is 18.1 Å². The molecule has 0 aromatic heterocycles. The van der Waals surface area contributed by atoms with E-state index in [0.717, 1.165) is 18.8 Å². The number of nitrogens with zero attached hydrogens (tertiary/aromatic N) is 1. The second-order valence-electron chi connectivity index (χ2n) is 6.04. The highest BCUT2D eigenvalue weighted by Crippen LogP contribution is 2.35. The largest absolute Gasteiger partial charge is 0.490 e. The van der Waals surface area contributed by atoms with Gasteiger partial charge < -0.3 is 10.5 Å². The second kappa shape index (κ2) is 5.51. The molecule has 2 atom stereocenters. The van der Waals surface area contributed by atoms with Crippen LogP contribution in [0, 0.1) is 5.92 Å². The average Bonchev–Trinajstić information content (AvgIpc) is 2.76. The highest BCUT2D eigenvalue weighted by molar-refractivity contribution is 5.31. The lowest BCUT2D eigenvalue weighted by Crippen LogP contribution is -2.24. The van der Waals surface area contributed by atoms with Crippen molar-refractivity contribution < 1.29 is 4.74 Å². The third-order valence-corrected chi connectivity index (χ3v) is 4.57. The Balaban J connectivity index is 1.71. The molecular formula is C16H24N2O. The van der Waals surface area contributed by atoms with Gasteiger partial charge in [-0.25, -0.2) is 0 Å². The van der Waals surface area contributed by atoms with Crippen LogP contribution in [0.5, 0.6) is 5.75 Å².